The summed E-state index contributed by atoms with van der Waals surface area (Å²) in [5.41, 5.74) is 1.66. The highest BCUT2D eigenvalue weighted by atomic mass is 32.2. The summed E-state index contributed by atoms with van der Waals surface area (Å²) < 4.78 is 22.5. The number of hydrogen-bond donors (Lipinski definition) is 3. The van der Waals surface area contributed by atoms with Gasteiger partial charge in [0.15, 0.2) is 9.84 Å². The fourth-order valence-electron chi connectivity index (χ4n) is 2.22. The molecule has 0 atom stereocenters. The molecule has 0 unspecified atom stereocenters. The van der Waals surface area contributed by atoms with Gasteiger partial charge in [-0.1, -0.05) is 12.1 Å². The van der Waals surface area contributed by atoms with E-state index in [0.717, 1.165) is 6.26 Å². The van der Waals surface area contributed by atoms with Crippen molar-refractivity contribution in [2.75, 3.05) is 18.1 Å². The number of benzene rings is 2. The van der Waals surface area contributed by atoms with Gasteiger partial charge in [0.05, 0.1) is 5.75 Å². The van der Waals surface area contributed by atoms with Gasteiger partial charge in [0.2, 0.25) is 0 Å². The molecule has 0 heterocycles. The predicted octanol–water partition coefficient (Wildman–Crippen LogP) is 1.30. The number of amides is 2. The van der Waals surface area contributed by atoms with Crippen LogP contribution in [-0.4, -0.2) is 44.1 Å². The van der Waals surface area contributed by atoms with Crippen molar-refractivity contribution in [1.29, 1.82) is 0 Å². The molecular formula is C18H18N2O6S. The van der Waals surface area contributed by atoms with E-state index in [1.807, 2.05) is 0 Å². The van der Waals surface area contributed by atoms with Crippen LogP contribution in [0.15, 0.2) is 48.5 Å². The van der Waals surface area contributed by atoms with Gasteiger partial charge in [0.1, 0.15) is 6.54 Å². The number of nitrogens with one attached hydrogen (secondary N) is 2. The molecule has 2 aromatic rings. The molecule has 0 fully saturated rings. The van der Waals surface area contributed by atoms with Crippen molar-refractivity contribution in [3.05, 3.63) is 65.2 Å². The van der Waals surface area contributed by atoms with Crippen molar-refractivity contribution in [3.8, 4) is 0 Å². The SMILES string of the molecule is CS(=O)(=O)Cc1ccc(C(=O)Nc2ccc(C(=O)NCC(=O)O)cc2)cc1. The fourth-order valence-corrected chi connectivity index (χ4v) is 3.02. The third-order valence-corrected chi connectivity index (χ3v) is 4.31. The number of rotatable bonds is 7. The van der Waals surface area contributed by atoms with Crippen LogP contribution >= 0.6 is 0 Å². The Balaban J connectivity index is 1.99. The van der Waals surface area contributed by atoms with Crippen LogP contribution in [0.5, 0.6) is 0 Å². The summed E-state index contributed by atoms with van der Waals surface area (Å²) in [6.07, 6.45) is 1.14. The monoisotopic (exact) mass is 390 g/mol. The van der Waals surface area contributed by atoms with Gasteiger partial charge in [-0.05, 0) is 42.0 Å². The fraction of sp³-hybridized carbons (Fsp3) is 0.167. The Morgan fingerprint density at radius 2 is 1.41 bits per heavy atom. The van der Waals surface area contributed by atoms with E-state index in [1.165, 1.54) is 36.4 Å². The first-order valence-electron chi connectivity index (χ1n) is 7.82. The van der Waals surface area contributed by atoms with Gasteiger partial charge in [0, 0.05) is 23.1 Å². The number of carboxylic acids is 1. The highest BCUT2D eigenvalue weighted by molar-refractivity contribution is 7.89. The first-order chi connectivity index (χ1) is 12.6. The number of carbonyl (C=O) groups excluding carboxylic acids is 2. The van der Waals surface area contributed by atoms with E-state index in [-0.39, 0.29) is 17.2 Å². The van der Waals surface area contributed by atoms with Crippen LogP contribution < -0.4 is 10.6 Å². The average molecular weight is 390 g/mol. The van der Waals surface area contributed by atoms with Crippen LogP contribution in [0.4, 0.5) is 5.69 Å². The van der Waals surface area contributed by atoms with Crippen LogP contribution in [0.3, 0.4) is 0 Å². The van der Waals surface area contributed by atoms with E-state index in [0.29, 0.717) is 16.8 Å². The minimum absolute atomic E-state index is 0.0969. The Hall–Kier alpha value is -3.20. The van der Waals surface area contributed by atoms with Crippen molar-refractivity contribution >= 4 is 33.3 Å². The quantitative estimate of drug-likeness (QED) is 0.653. The first-order valence-corrected chi connectivity index (χ1v) is 9.88. The zero-order valence-electron chi connectivity index (χ0n) is 14.4. The number of aliphatic carboxylic acids is 1. The Morgan fingerprint density at radius 3 is 1.93 bits per heavy atom. The summed E-state index contributed by atoms with van der Waals surface area (Å²) >= 11 is 0. The molecule has 0 aromatic heterocycles. The maximum Gasteiger partial charge on any atom is 0.322 e. The molecule has 0 aliphatic heterocycles. The molecule has 2 aromatic carbocycles. The lowest BCUT2D eigenvalue weighted by Gasteiger charge is -2.07. The summed E-state index contributed by atoms with van der Waals surface area (Å²) in [4.78, 5) is 34.4. The number of hydrogen-bond acceptors (Lipinski definition) is 5. The van der Waals surface area contributed by atoms with Crippen molar-refractivity contribution in [2.45, 2.75) is 5.75 Å². The van der Waals surface area contributed by atoms with Crippen LogP contribution in [0.1, 0.15) is 26.3 Å². The van der Waals surface area contributed by atoms with E-state index in [2.05, 4.69) is 10.6 Å². The van der Waals surface area contributed by atoms with Crippen molar-refractivity contribution in [3.63, 3.8) is 0 Å². The summed E-state index contributed by atoms with van der Waals surface area (Å²) in [7, 11) is -3.14. The second-order valence-electron chi connectivity index (χ2n) is 5.87. The van der Waals surface area contributed by atoms with Gasteiger partial charge < -0.3 is 15.7 Å². The zero-order chi connectivity index (χ0) is 20.0. The highest BCUT2D eigenvalue weighted by Gasteiger charge is 2.10. The molecule has 0 aliphatic rings. The molecule has 0 aliphatic carbocycles. The van der Waals surface area contributed by atoms with Gasteiger partial charge in [0.25, 0.3) is 11.8 Å². The lowest BCUT2D eigenvalue weighted by molar-refractivity contribution is -0.135. The van der Waals surface area contributed by atoms with E-state index in [1.54, 1.807) is 12.1 Å². The molecule has 0 saturated carbocycles. The average Bonchev–Trinajstić information content (AvgIpc) is 2.59. The Labute approximate surface area is 156 Å². The number of sulfone groups is 1. The summed E-state index contributed by atoms with van der Waals surface area (Å²) in [6.45, 7) is -0.480. The molecule has 9 heteroatoms. The molecule has 2 rings (SSSR count). The van der Waals surface area contributed by atoms with E-state index >= 15 is 0 Å². The molecule has 0 bridgehead atoms. The Morgan fingerprint density at radius 1 is 0.889 bits per heavy atom. The predicted molar refractivity (Wildman–Crippen MR) is 99.4 cm³/mol. The van der Waals surface area contributed by atoms with E-state index < -0.39 is 28.3 Å². The zero-order valence-corrected chi connectivity index (χ0v) is 15.2. The third kappa shape index (κ3) is 6.55. The van der Waals surface area contributed by atoms with Crippen molar-refractivity contribution in [1.82, 2.24) is 5.32 Å². The lowest BCUT2D eigenvalue weighted by Crippen LogP contribution is -2.29. The number of carbonyl (C=O) groups is 3. The minimum Gasteiger partial charge on any atom is -0.480 e. The largest absolute Gasteiger partial charge is 0.480 e. The molecule has 2 amide bonds. The van der Waals surface area contributed by atoms with E-state index in [9.17, 15) is 22.8 Å². The molecule has 142 valence electrons. The van der Waals surface area contributed by atoms with Crippen molar-refractivity contribution < 1.29 is 27.9 Å². The smallest absolute Gasteiger partial charge is 0.322 e. The standard InChI is InChI=1S/C18H18N2O6S/c1-27(25,26)11-12-2-4-14(5-3-12)18(24)20-15-8-6-13(7-9-15)17(23)19-10-16(21)22/h2-9H,10-11H2,1H3,(H,19,23)(H,20,24)(H,21,22). The highest BCUT2D eigenvalue weighted by Crippen LogP contribution is 2.13. The molecule has 0 radical (unpaired) electrons. The van der Waals surface area contributed by atoms with Gasteiger partial charge in [-0.3, -0.25) is 14.4 Å². The van der Waals surface area contributed by atoms with Gasteiger partial charge >= 0.3 is 5.97 Å². The number of carboxylic acid groups (broad SMARTS) is 1. The van der Waals surface area contributed by atoms with E-state index in [4.69, 9.17) is 5.11 Å². The minimum atomic E-state index is -3.14. The van der Waals surface area contributed by atoms with Gasteiger partial charge in [-0.25, -0.2) is 8.42 Å². The van der Waals surface area contributed by atoms with Crippen LogP contribution in [-0.2, 0) is 20.4 Å². The Bertz CT molecular complexity index is 950. The Kier molecular flexibility index (Phi) is 6.30. The van der Waals surface area contributed by atoms with Crippen LogP contribution in [0, 0.1) is 0 Å². The molecule has 8 nitrogen and oxygen atoms in total. The topological polar surface area (TPSA) is 130 Å². The molecule has 3 N–H and O–H groups in total. The third-order valence-electron chi connectivity index (χ3n) is 3.45. The van der Waals surface area contributed by atoms with Crippen LogP contribution in [0.25, 0.3) is 0 Å². The van der Waals surface area contributed by atoms with Crippen LogP contribution in [0.2, 0.25) is 0 Å². The number of anilines is 1. The second kappa shape index (κ2) is 8.45. The lowest BCUT2D eigenvalue weighted by atomic mass is 10.1. The summed E-state index contributed by atoms with van der Waals surface area (Å²) in [5, 5.41) is 13.4. The molecule has 27 heavy (non-hydrogen) atoms. The molecule has 0 saturated heterocycles. The summed E-state index contributed by atoms with van der Waals surface area (Å²) in [5.74, 6) is -2.16. The van der Waals surface area contributed by atoms with Gasteiger partial charge in [-0.2, -0.15) is 0 Å². The maximum absolute atomic E-state index is 12.2. The molecular weight excluding hydrogens is 372 g/mol. The van der Waals surface area contributed by atoms with Gasteiger partial charge in [-0.15, -0.1) is 0 Å². The summed E-state index contributed by atoms with van der Waals surface area (Å²) in [6, 6.07) is 12.2. The van der Waals surface area contributed by atoms with Crippen molar-refractivity contribution in [2.24, 2.45) is 0 Å². The molecule has 0 spiro atoms. The maximum atomic E-state index is 12.2. The first kappa shape index (κ1) is 20.1. The second-order valence-corrected chi connectivity index (χ2v) is 8.02. The normalized spacial score (nSPS) is 10.9.